The number of rotatable bonds is 35. The van der Waals surface area contributed by atoms with Crippen LogP contribution in [0, 0.1) is 5.41 Å². The van der Waals surface area contributed by atoms with Gasteiger partial charge in [-0.15, -0.1) is 0 Å². The van der Waals surface area contributed by atoms with Crippen LogP contribution in [-0.2, 0) is 62.5 Å². The monoisotopic (exact) mass is 888 g/mol. The Morgan fingerprint density at radius 1 is 0.476 bits per heavy atom. The van der Waals surface area contributed by atoms with Crippen LogP contribution in [0.3, 0.4) is 0 Å². The van der Waals surface area contributed by atoms with E-state index in [4.69, 9.17) is 23.7 Å². The van der Waals surface area contributed by atoms with E-state index in [0.29, 0.717) is 19.6 Å². The van der Waals surface area contributed by atoms with E-state index in [1.807, 2.05) is 32.3 Å². The fourth-order valence-electron chi connectivity index (χ4n) is 5.82. The summed E-state index contributed by atoms with van der Waals surface area (Å²) in [5.41, 5.74) is -1.57. The van der Waals surface area contributed by atoms with Crippen LogP contribution >= 0.6 is 0 Å². The number of nitrogens with zero attached hydrogens (tertiary/aromatic N) is 6. The van der Waals surface area contributed by atoms with Crippen LogP contribution in [0.4, 0.5) is 4.79 Å². The lowest BCUT2D eigenvalue weighted by Gasteiger charge is -2.33. The molecule has 352 valence electrons. The van der Waals surface area contributed by atoms with E-state index in [2.05, 4.69) is 41.5 Å². The lowest BCUT2D eigenvalue weighted by molar-refractivity contribution is -0.129. The Kier molecular flexibility index (Phi) is 25.3. The summed E-state index contributed by atoms with van der Waals surface area (Å²) in [5.74, 6) is -0.753. The molecule has 0 saturated carbocycles. The van der Waals surface area contributed by atoms with Gasteiger partial charge < -0.3 is 64.0 Å². The number of ether oxygens (including phenoxy) is 5. The molecule has 3 aromatic rings. The molecule has 0 aromatic carbocycles. The fourth-order valence-corrected chi connectivity index (χ4v) is 5.82. The van der Waals surface area contributed by atoms with Gasteiger partial charge in [0.25, 0.3) is 0 Å². The van der Waals surface area contributed by atoms with E-state index in [1.54, 1.807) is 58.3 Å². The van der Waals surface area contributed by atoms with Crippen LogP contribution in [0.2, 0.25) is 0 Å². The quantitative estimate of drug-likeness (QED) is 0.0526. The lowest BCUT2D eigenvalue weighted by Crippen LogP contribution is -2.43. The highest BCUT2D eigenvalue weighted by Crippen LogP contribution is 2.22. The zero-order valence-corrected chi connectivity index (χ0v) is 37.2. The Bertz CT molecular complexity index is 1530. The standard InChI is InChI=1S/C42H69N11O10/c1-41(2,3)63-40(58)50-15-14-49-39(57)10-28-62-32-42(29-59-25-7-36(54)46-11-4-19-51-22-16-43-33-51,30-60-26-8-37(55)47-12-5-20-52-23-17-44-34-52)31-61-27-9-38(56)48-13-6-21-53-24-18-45-35-53/h16-18,22-24,33-35H,4-15,19-21,25-32H2,1-3H3,(H,46,54)(H,47,55)(H,48,56)(H,49,57)(H,50,58). The van der Waals surface area contributed by atoms with Crippen LogP contribution in [0.5, 0.6) is 0 Å². The molecule has 5 N–H and O–H groups in total. The zero-order valence-electron chi connectivity index (χ0n) is 37.2. The molecule has 21 nitrogen and oxygen atoms in total. The second-order valence-corrected chi connectivity index (χ2v) is 16.0. The van der Waals surface area contributed by atoms with Crippen LogP contribution in [-0.4, -0.2) is 150 Å². The summed E-state index contributed by atoms with van der Waals surface area (Å²) < 4.78 is 35.3. The van der Waals surface area contributed by atoms with Crippen molar-refractivity contribution in [3.8, 4) is 0 Å². The predicted octanol–water partition coefficient (Wildman–Crippen LogP) is 1.45. The van der Waals surface area contributed by atoms with Crippen molar-refractivity contribution in [3.05, 3.63) is 56.2 Å². The van der Waals surface area contributed by atoms with Gasteiger partial charge in [-0.05, 0) is 40.0 Å². The highest BCUT2D eigenvalue weighted by molar-refractivity contribution is 5.77. The smallest absolute Gasteiger partial charge is 0.407 e. The Hall–Kier alpha value is -5.38. The van der Waals surface area contributed by atoms with Crippen molar-refractivity contribution in [2.45, 2.75) is 91.0 Å². The Morgan fingerprint density at radius 2 is 0.794 bits per heavy atom. The molecular weight excluding hydrogens is 819 g/mol. The van der Waals surface area contributed by atoms with Crippen molar-refractivity contribution in [2.24, 2.45) is 5.41 Å². The van der Waals surface area contributed by atoms with Gasteiger partial charge in [0.15, 0.2) is 0 Å². The number of amides is 5. The van der Waals surface area contributed by atoms with Crippen molar-refractivity contribution in [1.82, 2.24) is 55.2 Å². The summed E-state index contributed by atoms with van der Waals surface area (Å²) in [6.45, 7) is 9.97. The van der Waals surface area contributed by atoms with E-state index < -0.39 is 17.1 Å². The van der Waals surface area contributed by atoms with Gasteiger partial charge in [-0.3, -0.25) is 19.2 Å². The largest absolute Gasteiger partial charge is 0.444 e. The van der Waals surface area contributed by atoms with Crippen LogP contribution in [0.25, 0.3) is 0 Å². The third-order valence-electron chi connectivity index (χ3n) is 9.07. The molecule has 0 bridgehead atoms. The van der Waals surface area contributed by atoms with Crippen molar-refractivity contribution in [3.63, 3.8) is 0 Å². The Labute approximate surface area is 370 Å². The molecule has 3 heterocycles. The van der Waals surface area contributed by atoms with Crippen LogP contribution in [0.15, 0.2) is 56.2 Å². The number of aryl methyl sites for hydroxylation is 3. The third-order valence-corrected chi connectivity index (χ3v) is 9.07. The minimum absolute atomic E-state index is 0.0359. The number of alkyl carbamates (subject to hydrolysis) is 1. The molecule has 5 amide bonds. The first kappa shape index (κ1) is 52.0. The van der Waals surface area contributed by atoms with Gasteiger partial charge in [0.05, 0.1) is 77.3 Å². The SMILES string of the molecule is CC(C)(C)OC(=O)NCCNC(=O)CCOCC(COCCC(=O)NCCCn1ccnc1)(COCCC(=O)NCCCn1ccnc1)COCCC(=O)NCCCn1ccnc1. The first-order valence-electron chi connectivity index (χ1n) is 21.6. The van der Waals surface area contributed by atoms with Crippen molar-refractivity contribution >= 4 is 29.7 Å². The summed E-state index contributed by atoms with van der Waals surface area (Å²) in [5, 5.41) is 14.1. The van der Waals surface area contributed by atoms with Gasteiger partial charge in [-0.1, -0.05) is 0 Å². The molecule has 21 heteroatoms. The Morgan fingerprint density at radius 3 is 1.10 bits per heavy atom. The molecule has 63 heavy (non-hydrogen) atoms. The molecule has 0 unspecified atom stereocenters. The highest BCUT2D eigenvalue weighted by atomic mass is 16.6. The number of carbonyl (C=O) groups is 5. The van der Waals surface area contributed by atoms with Gasteiger partial charge in [0.1, 0.15) is 5.60 Å². The number of hydrogen-bond donors (Lipinski definition) is 5. The second kappa shape index (κ2) is 30.6. The second-order valence-electron chi connectivity index (χ2n) is 16.0. The normalized spacial score (nSPS) is 11.5. The number of carbonyl (C=O) groups excluding carboxylic acids is 5. The van der Waals surface area contributed by atoms with E-state index in [0.717, 1.165) is 38.9 Å². The van der Waals surface area contributed by atoms with Gasteiger partial charge in [-0.25, -0.2) is 19.7 Å². The molecule has 3 rings (SSSR count). The predicted molar refractivity (Wildman–Crippen MR) is 231 cm³/mol. The fraction of sp³-hybridized carbons (Fsp3) is 0.667. The molecule has 0 fully saturated rings. The number of imidazole rings is 3. The maximum Gasteiger partial charge on any atom is 0.407 e. The molecule has 0 aliphatic heterocycles. The van der Waals surface area contributed by atoms with Crippen molar-refractivity contribution in [1.29, 1.82) is 0 Å². The molecule has 0 aliphatic rings. The molecule has 0 aliphatic carbocycles. The van der Waals surface area contributed by atoms with Gasteiger partial charge in [0, 0.05) is 115 Å². The number of hydrogen-bond acceptors (Lipinski definition) is 13. The highest BCUT2D eigenvalue weighted by Gasteiger charge is 2.33. The van der Waals surface area contributed by atoms with Crippen LogP contribution < -0.4 is 26.6 Å². The van der Waals surface area contributed by atoms with Gasteiger partial charge >= 0.3 is 6.09 Å². The van der Waals surface area contributed by atoms with E-state index in [-0.39, 0.29) is 115 Å². The number of aromatic nitrogens is 6. The van der Waals surface area contributed by atoms with Crippen molar-refractivity contribution in [2.75, 3.05) is 85.6 Å². The Balaban J connectivity index is 1.53. The summed E-state index contributed by atoms with van der Waals surface area (Å²) in [6.07, 6.45) is 17.9. The lowest BCUT2D eigenvalue weighted by atomic mass is 9.92. The molecule has 3 aromatic heterocycles. The molecular formula is C42H69N11O10. The van der Waals surface area contributed by atoms with Gasteiger partial charge in [0.2, 0.25) is 23.6 Å². The average Bonchev–Trinajstić information content (AvgIpc) is 4.07. The minimum Gasteiger partial charge on any atom is -0.444 e. The maximum absolute atomic E-state index is 12.6. The zero-order chi connectivity index (χ0) is 45.4. The molecule has 0 saturated heterocycles. The molecule has 0 atom stereocenters. The van der Waals surface area contributed by atoms with E-state index >= 15 is 0 Å². The number of nitrogens with one attached hydrogen (secondary N) is 5. The van der Waals surface area contributed by atoms with Crippen LogP contribution in [0.1, 0.15) is 65.7 Å². The average molecular weight is 888 g/mol. The first-order valence-corrected chi connectivity index (χ1v) is 21.6. The molecule has 0 radical (unpaired) electrons. The third kappa shape index (κ3) is 26.0. The summed E-state index contributed by atoms with van der Waals surface area (Å²) >= 11 is 0. The van der Waals surface area contributed by atoms with E-state index in [9.17, 15) is 24.0 Å². The summed E-state index contributed by atoms with van der Waals surface area (Å²) in [6, 6.07) is 0. The topological polar surface area (TPSA) is 245 Å². The maximum atomic E-state index is 12.6. The first-order chi connectivity index (χ1) is 30.4. The summed E-state index contributed by atoms with van der Waals surface area (Å²) in [4.78, 5) is 74.4. The van der Waals surface area contributed by atoms with Crippen molar-refractivity contribution < 1.29 is 47.7 Å². The minimum atomic E-state index is -0.933. The van der Waals surface area contributed by atoms with Gasteiger partial charge in [-0.2, -0.15) is 0 Å². The van der Waals surface area contributed by atoms with E-state index in [1.165, 1.54) is 0 Å². The summed E-state index contributed by atoms with van der Waals surface area (Å²) in [7, 11) is 0. The molecule has 0 spiro atoms.